The molecule has 0 saturated heterocycles. The number of carbonyl (C=O) groups is 1. The fourth-order valence-electron chi connectivity index (χ4n) is 2.26. The minimum absolute atomic E-state index is 0.0394. The smallest absolute Gasteiger partial charge is 0.490 e. The second-order valence-corrected chi connectivity index (χ2v) is 5.42. The summed E-state index contributed by atoms with van der Waals surface area (Å²) in [6, 6.07) is 12.5. The van der Waals surface area contributed by atoms with Crippen LogP contribution < -0.4 is 19.5 Å². The van der Waals surface area contributed by atoms with Gasteiger partial charge in [-0.1, -0.05) is 24.3 Å². The molecule has 0 bridgehead atoms. The largest absolute Gasteiger partial charge is 0.573 e. The third-order valence-electron chi connectivity index (χ3n) is 3.34. The van der Waals surface area contributed by atoms with Crippen LogP contribution in [-0.4, -0.2) is 25.5 Å². The summed E-state index contributed by atoms with van der Waals surface area (Å²) in [6.45, 7) is 2.63. The zero-order chi connectivity index (χ0) is 19.7. The van der Waals surface area contributed by atoms with Crippen molar-refractivity contribution in [3.8, 4) is 17.2 Å². The van der Waals surface area contributed by atoms with E-state index in [0.717, 1.165) is 6.07 Å². The van der Waals surface area contributed by atoms with E-state index in [9.17, 15) is 18.0 Å². The lowest BCUT2D eigenvalue weighted by molar-refractivity contribution is -0.274. The SMILES string of the molecule is CCOc1ccccc1OCCCC(=O)Nc1ccccc1OC(F)(F)F. The van der Waals surface area contributed by atoms with Crippen LogP contribution in [0.25, 0.3) is 0 Å². The van der Waals surface area contributed by atoms with E-state index < -0.39 is 18.0 Å². The molecule has 0 aromatic heterocycles. The van der Waals surface area contributed by atoms with E-state index >= 15 is 0 Å². The van der Waals surface area contributed by atoms with Gasteiger partial charge >= 0.3 is 6.36 Å². The van der Waals surface area contributed by atoms with Crippen molar-refractivity contribution in [3.05, 3.63) is 48.5 Å². The Labute approximate surface area is 155 Å². The Hall–Kier alpha value is -2.90. The fraction of sp³-hybridized carbons (Fsp3) is 0.316. The Balaban J connectivity index is 1.82. The first-order chi connectivity index (χ1) is 12.9. The second-order valence-electron chi connectivity index (χ2n) is 5.42. The standard InChI is InChI=1S/C19H20F3NO4/c1-2-25-16-10-5-6-11-17(16)26-13-7-12-18(24)23-14-8-3-4-9-15(14)27-19(20,21)22/h3-6,8-11H,2,7,12-13H2,1H3,(H,23,24). The molecular formula is C19H20F3NO4. The maximum Gasteiger partial charge on any atom is 0.573 e. The highest BCUT2D eigenvalue weighted by Crippen LogP contribution is 2.30. The number of benzene rings is 2. The summed E-state index contributed by atoms with van der Waals surface area (Å²) in [5.74, 6) is 0.293. The molecule has 0 fully saturated rings. The average Bonchev–Trinajstić information content (AvgIpc) is 2.61. The van der Waals surface area contributed by atoms with Gasteiger partial charge in [-0.3, -0.25) is 4.79 Å². The molecule has 0 atom stereocenters. The summed E-state index contributed by atoms with van der Waals surface area (Å²) in [5, 5.41) is 2.42. The molecular weight excluding hydrogens is 363 g/mol. The van der Waals surface area contributed by atoms with Crippen molar-refractivity contribution in [2.75, 3.05) is 18.5 Å². The summed E-state index contributed by atoms with van der Waals surface area (Å²) < 4.78 is 52.1. The van der Waals surface area contributed by atoms with Crippen molar-refractivity contribution < 1.29 is 32.2 Å². The molecule has 5 nitrogen and oxygen atoms in total. The monoisotopic (exact) mass is 383 g/mol. The summed E-state index contributed by atoms with van der Waals surface area (Å²) in [7, 11) is 0. The van der Waals surface area contributed by atoms with Gasteiger partial charge in [-0.25, -0.2) is 0 Å². The molecule has 1 N–H and O–H groups in total. The van der Waals surface area contributed by atoms with E-state index in [1.807, 2.05) is 19.1 Å². The van der Waals surface area contributed by atoms with E-state index in [-0.39, 0.29) is 18.7 Å². The van der Waals surface area contributed by atoms with Crippen LogP contribution in [0.1, 0.15) is 19.8 Å². The zero-order valence-electron chi connectivity index (χ0n) is 14.7. The van der Waals surface area contributed by atoms with Crippen LogP contribution >= 0.6 is 0 Å². The van der Waals surface area contributed by atoms with Gasteiger partial charge in [0.1, 0.15) is 0 Å². The van der Waals surface area contributed by atoms with Gasteiger partial charge < -0.3 is 19.5 Å². The van der Waals surface area contributed by atoms with Crippen molar-refractivity contribution in [1.82, 2.24) is 0 Å². The number of ether oxygens (including phenoxy) is 3. The highest BCUT2D eigenvalue weighted by Gasteiger charge is 2.32. The molecule has 2 aromatic carbocycles. The molecule has 8 heteroatoms. The van der Waals surface area contributed by atoms with Crippen LogP contribution in [-0.2, 0) is 4.79 Å². The quantitative estimate of drug-likeness (QED) is 0.633. The van der Waals surface area contributed by atoms with Crippen LogP contribution in [0.4, 0.5) is 18.9 Å². The third kappa shape index (κ3) is 7.08. The van der Waals surface area contributed by atoms with E-state index in [4.69, 9.17) is 9.47 Å². The molecule has 0 aliphatic rings. The molecule has 0 aliphatic carbocycles. The highest BCUT2D eigenvalue weighted by atomic mass is 19.4. The third-order valence-corrected chi connectivity index (χ3v) is 3.34. The molecule has 0 heterocycles. The zero-order valence-corrected chi connectivity index (χ0v) is 14.7. The van der Waals surface area contributed by atoms with E-state index in [0.29, 0.717) is 24.5 Å². The molecule has 0 unspecified atom stereocenters. The van der Waals surface area contributed by atoms with Gasteiger partial charge in [-0.05, 0) is 37.6 Å². The van der Waals surface area contributed by atoms with Gasteiger partial charge in [0.05, 0.1) is 18.9 Å². The molecule has 2 rings (SSSR count). The Morgan fingerprint density at radius 2 is 1.56 bits per heavy atom. The predicted molar refractivity (Wildman–Crippen MR) is 94.1 cm³/mol. The average molecular weight is 383 g/mol. The maximum atomic E-state index is 12.4. The normalized spacial score (nSPS) is 11.0. The first kappa shape index (κ1) is 20.4. The van der Waals surface area contributed by atoms with Crippen LogP contribution in [0.15, 0.2) is 48.5 Å². The van der Waals surface area contributed by atoms with Gasteiger partial charge in [0, 0.05) is 6.42 Å². The lowest BCUT2D eigenvalue weighted by atomic mass is 10.2. The topological polar surface area (TPSA) is 56.8 Å². The van der Waals surface area contributed by atoms with Crippen molar-refractivity contribution in [2.45, 2.75) is 26.1 Å². The summed E-state index contributed by atoms with van der Waals surface area (Å²) in [4.78, 5) is 12.0. The number of hydrogen-bond acceptors (Lipinski definition) is 4. The predicted octanol–water partition coefficient (Wildman–Crippen LogP) is 4.78. The molecule has 1 amide bonds. The minimum Gasteiger partial charge on any atom is -0.490 e. The van der Waals surface area contributed by atoms with Gasteiger partial charge in [0.15, 0.2) is 17.2 Å². The Bertz CT molecular complexity index is 750. The number of hydrogen-bond donors (Lipinski definition) is 1. The van der Waals surface area contributed by atoms with Crippen LogP contribution in [0.3, 0.4) is 0 Å². The first-order valence-electron chi connectivity index (χ1n) is 8.38. The molecule has 0 saturated carbocycles. The number of para-hydroxylation sites is 4. The van der Waals surface area contributed by atoms with Crippen molar-refractivity contribution >= 4 is 11.6 Å². The van der Waals surface area contributed by atoms with Crippen molar-refractivity contribution in [2.24, 2.45) is 0 Å². The Morgan fingerprint density at radius 1 is 0.963 bits per heavy atom. The lowest BCUT2D eigenvalue weighted by Crippen LogP contribution is -2.19. The maximum absolute atomic E-state index is 12.4. The fourth-order valence-corrected chi connectivity index (χ4v) is 2.26. The number of rotatable bonds is 9. The number of alkyl halides is 3. The van der Waals surface area contributed by atoms with Gasteiger partial charge in [0.25, 0.3) is 0 Å². The minimum atomic E-state index is -4.83. The van der Waals surface area contributed by atoms with Gasteiger partial charge in [0.2, 0.25) is 5.91 Å². The number of nitrogens with one attached hydrogen (secondary N) is 1. The molecule has 0 spiro atoms. The summed E-state index contributed by atoms with van der Waals surface area (Å²) >= 11 is 0. The van der Waals surface area contributed by atoms with E-state index in [2.05, 4.69) is 10.1 Å². The van der Waals surface area contributed by atoms with Crippen LogP contribution in [0, 0.1) is 0 Å². The lowest BCUT2D eigenvalue weighted by Gasteiger charge is -2.14. The van der Waals surface area contributed by atoms with Crippen LogP contribution in [0.5, 0.6) is 17.2 Å². The van der Waals surface area contributed by atoms with Crippen LogP contribution in [0.2, 0.25) is 0 Å². The number of halogens is 3. The summed E-state index contributed by atoms with van der Waals surface area (Å²) in [5.41, 5.74) is -0.0394. The van der Waals surface area contributed by atoms with E-state index in [1.165, 1.54) is 18.2 Å². The highest BCUT2D eigenvalue weighted by molar-refractivity contribution is 5.92. The second kappa shape index (κ2) is 9.70. The molecule has 2 aromatic rings. The first-order valence-corrected chi connectivity index (χ1v) is 8.38. The molecule has 0 radical (unpaired) electrons. The van der Waals surface area contributed by atoms with Crippen molar-refractivity contribution in [1.29, 1.82) is 0 Å². The molecule has 0 aliphatic heterocycles. The van der Waals surface area contributed by atoms with E-state index in [1.54, 1.807) is 12.1 Å². The molecule has 27 heavy (non-hydrogen) atoms. The number of amides is 1. The number of anilines is 1. The Morgan fingerprint density at radius 3 is 2.19 bits per heavy atom. The summed E-state index contributed by atoms with van der Waals surface area (Å²) in [6.07, 6.45) is -4.37. The van der Waals surface area contributed by atoms with Gasteiger partial charge in [-0.2, -0.15) is 0 Å². The Kier molecular flexibility index (Phi) is 7.34. The van der Waals surface area contributed by atoms with Gasteiger partial charge in [-0.15, -0.1) is 13.2 Å². The molecule has 146 valence electrons. The number of carbonyl (C=O) groups excluding carboxylic acids is 1. The van der Waals surface area contributed by atoms with Crippen molar-refractivity contribution in [3.63, 3.8) is 0 Å².